The quantitative estimate of drug-likeness (QED) is 0.343. The van der Waals surface area contributed by atoms with Crippen molar-refractivity contribution in [3.8, 4) is 10.4 Å². The number of thiazole rings is 1. The van der Waals surface area contributed by atoms with E-state index in [9.17, 15) is 23.1 Å². The highest BCUT2D eigenvalue weighted by molar-refractivity contribution is 7.15. The minimum atomic E-state index is -4.56. The van der Waals surface area contributed by atoms with Gasteiger partial charge in [-0.2, -0.15) is 13.2 Å². The number of rotatable bonds is 7. The van der Waals surface area contributed by atoms with Crippen LogP contribution in [0.2, 0.25) is 0 Å². The fourth-order valence-corrected chi connectivity index (χ4v) is 6.21. The van der Waals surface area contributed by atoms with Crippen molar-refractivity contribution in [2.75, 3.05) is 11.9 Å². The maximum atomic E-state index is 13.0. The smallest absolute Gasteiger partial charge is 0.433 e. The summed E-state index contributed by atoms with van der Waals surface area (Å²) in [4.78, 5) is 24.9. The molecule has 7 nitrogen and oxygen atoms in total. The van der Waals surface area contributed by atoms with Crippen LogP contribution in [0, 0.1) is 18.3 Å². The molecule has 1 aliphatic rings. The lowest BCUT2D eigenvalue weighted by molar-refractivity contribution is -0.159. The molecule has 4 rings (SSSR count). The lowest BCUT2D eigenvalue weighted by Gasteiger charge is -2.46. The van der Waals surface area contributed by atoms with Crippen LogP contribution in [0.1, 0.15) is 56.3 Å². The van der Waals surface area contributed by atoms with Gasteiger partial charge in [0.1, 0.15) is 16.3 Å². The second-order valence-electron chi connectivity index (χ2n) is 10.0. The molecule has 2 N–H and O–H groups in total. The van der Waals surface area contributed by atoms with Crippen LogP contribution in [-0.2, 0) is 21.3 Å². The third-order valence-electron chi connectivity index (χ3n) is 6.70. The number of hydrogen-bond donors (Lipinski definition) is 2. The lowest BCUT2D eigenvalue weighted by atomic mass is 9.63. The number of anilines is 2. The Balaban J connectivity index is 1.63. The van der Waals surface area contributed by atoms with Gasteiger partial charge < -0.3 is 15.2 Å². The Kier molecular flexibility index (Phi) is 7.31. The Bertz CT molecular complexity index is 1290. The molecule has 0 aliphatic heterocycles. The van der Waals surface area contributed by atoms with E-state index >= 15 is 0 Å². The van der Waals surface area contributed by atoms with Gasteiger partial charge in [-0.3, -0.25) is 4.79 Å². The van der Waals surface area contributed by atoms with Crippen LogP contribution >= 0.6 is 11.3 Å². The van der Waals surface area contributed by atoms with Gasteiger partial charge in [-0.15, -0.1) is 11.3 Å². The van der Waals surface area contributed by atoms with E-state index in [0.717, 1.165) is 33.3 Å². The Hall–Kier alpha value is -3.05. The Morgan fingerprint density at radius 3 is 2.68 bits per heavy atom. The van der Waals surface area contributed by atoms with Crippen molar-refractivity contribution in [1.29, 1.82) is 0 Å². The number of ether oxygens (including phenoxy) is 1. The van der Waals surface area contributed by atoms with Crippen molar-refractivity contribution in [2.45, 2.75) is 58.7 Å². The SMILES string of the molecule is CCO[C@]1(c2ncc(-c3cc(C)cc(Nc4nccc(C(F)(F)F)n4)c3)s2)CC[C@H](C(=O)O)C(C)(C)C1. The fraction of sp³-hybridized carbons (Fsp3) is 0.462. The molecule has 2 aromatic heterocycles. The first-order valence-electron chi connectivity index (χ1n) is 12.0. The second kappa shape index (κ2) is 10.0. The van der Waals surface area contributed by atoms with Gasteiger partial charge in [-0.05, 0) is 67.9 Å². The molecule has 0 spiro atoms. The fourth-order valence-electron chi connectivity index (χ4n) is 5.14. The van der Waals surface area contributed by atoms with E-state index in [-0.39, 0.29) is 5.95 Å². The summed E-state index contributed by atoms with van der Waals surface area (Å²) in [5.74, 6) is -1.40. The number of carboxylic acids is 1. The molecule has 0 saturated heterocycles. The van der Waals surface area contributed by atoms with Gasteiger partial charge >= 0.3 is 12.1 Å². The van der Waals surface area contributed by atoms with E-state index in [1.54, 1.807) is 12.3 Å². The van der Waals surface area contributed by atoms with E-state index < -0.39 is 34.8 Å². The van der Waals surface area contributed by atoms with Gasteiger partial charge in [-0.25, -0.2) is 15.0 Å². The summed E-state index contributed by atoms with van der Waals surface area (Å²) >= 11 is 1.48. The van der Waals surface area contributed by atoms with Crippen molar-refractivity contribution >= 4 is 28.9 Å². The minimum Gasteiger partial charge on any atom is -0.481 e. The summed E-state index contributed by atoms with van der Waals surface area (Å²) in [5, 5.41) is 13.3. The van der Waals surface area contributed by atoms with E-state index in [4.69, 9.17) is 9.72 Å². The maximum absolute atomic E-state index is 13.0. The molecule has 2 atom stereocenters. The summed E-state index contributed by atoms with van der Waals surface area (Å²) in [7, 11) is 0. The Labute approximate surface area is 217 Å². The van der Waals surface area contributed by atoms with E-state index in [0.29, 0.717) is 31.6 Å². The molecular formula is C26H29F3N4O3S. The molecule has 1 fully saturated rings. The highest BCUT2D eigenvalue weighted by Crippen LogP contribution is 2.53. The zero-order valence-corrected chi connectivity index (χ0v) is 21.8. The first-order chi connectivity index (χ1) is 17.3. The minimum absolute atomic E-state index is 0.149. The molecule has 3 aromatic rings. The number of aryl methyl sites for hydroxylation is 1. The van der Waals surface area contributed by atoms with Crippen LogP contribution in [0.25, 0.3) is 10.4 Å². The highest BCUT2D eigenvalue weighted by atomic mass is 32.1. The zero-order chi connectivity index (χ0) is 27.0. The average molecular weight is 535 g/mol. The van der Waals surface area contributed by atoms with Crippen molar-refractivity contribution < 1.29 is 27.8 Å². The number of aromatic nitrogens is 3. The van der Waals surface area contributed by atoms with E-state index in [1.165, 1.54) is 11.3 Å². The van der Waals surface area contributed by atoms with Crippen LogP contribution < -0.4 is 5.32 Å². The number of benzene rings is 1. The summed E-state index contributed by atoms with van der Waals surface area (Å²) in [6.07, 6.45) is -0.154. The molecule has 11 heteroatoms. The van der Waals surface area contributed by atoms with Crippen molar-refractivity contribution in [3.63, 3.8) is 0 Å². The van der Waals surface area contributed by atoms with Gasteiger partial charge in [0.15, 0.2) is 0 Å². The zero-order valence-electron chi connectivity index (χ0n) is 21.0. The van der Waals surface area contributed by atoms with Gasteiger partial charge in [0.2, 0.25) is 5.95 Å². The number of hydrogen-bond acceptors (Lipinski definition) is 7. The molecule has 0 bridgehead atoms. The standard InChI is InChI=1S/C26H29F3N4O3S/c1-5-36-25(8-6-18(21(34)35)24(3,4)14-25)22-31-13-19(37-22)16-10-15(2)11-17(12-16)32-23-30-9-7-20(33-23)26(27,28)29/h7,9-13,18H,5-6,8,14H2,1-4H3,(H,34,35)(H,30,32,33)/t18-,25-/m1/s1. The first kappa shape index (κ1) is 27.0. The number of carbonyl (C=O) groups is 1. The van der Waals surface area contributed by atoms with Crippen LogP contribution in [0.5, 0.6) is 0 Å². The number of halogens is 3. The summed E-state index contributed by atoms with van der Waals surface area (Å²) in [5.41, 5.74) is 0.104. The molecule has 0 radical (unpaired) electrons. The topological polar surface area (TPSA) is 97.2 Å². The lowest BCUT2D eigenvalue weighted by Crippen LogP contribution is -2.46. The van der Waals surface area contributed by atoms with Crippen LogP contribution in [0.3, 0.4) is 0 Å². The van der Waals surface area contributed by atoms with E-state index in [1.807, 2.05) is 39.8 Å². The van der Waals surface area contributed by atoms with Crippen molar-refractivity contribution in [2.24, 2.45) is 11.3 Å². The molecular weight excluding hydrogens is 505 g/mol. The third-order valence-corrected chi connectivity index (χ3v) is 7.93. The molecule has 1 aliphatic carbocycles. The van der Waals surface area contributed by atoms with Crippen LogP contribution in [0.4, 0.5) is 24.8 Å². The van der Waals surface area contributed by atoms with Gasteiger partial charge in [0.05, 0.1) is 10.8 Å². The predicted molar refractivity (Wildman–Crippen MR) is 135 cm³/mol. The monoisotopic (exact) mass is 534 g/mol. The number of nitrogens with one attached hydrogen (secondary N) is 1. The predicted octanol–water partition coefficient (Wildman–Crippen LogP) is 6.81. The third kappa shape index (κ3) is 5.77. The summed E-state index contributed by atoms with van der Waals surface area (Å²) < 4.78 is 45.4. The van der Waals surface area contributed by atoms with Gasteiger partial charge in [0.25, 0.3) is 0 Å². The average Bonchev–Trinajstić information content (AvgIpc) is 3.29. The molecule has 0 amide bonds. The number of nitrogens with zero attached hydrogens (tertiary/aromatic N) is 3. The van der Waals surface area contributed by atoms with Crippen molar-refractivity contribution in [3.05, 3.63) is 52.9 Å². The molecule has 2 heterocycles. The van der Waals surface area contributed by atoms with Crippen LogP contribution in [-0.4, -0.2) is 32.6 Å². The Morgan fingerprint density at radius 1 is 1.27 bits per heavy atom. The highest BCUT2D eigenvalue weighted by Gasteiger charge is 2.50. The van der Waals surface area contributed by atoms with E-state index in [2.05, 4.69) is 15.3 Å². The normalized spacial score (nSPS) is 21.5. The van der Waals surface area contributed by atoms with Crippen LogP contribution in [0.15, 0.2) is 36.7 Å². The second-order valence-corrected chi connectivity index (χ2v) is 11.1. The van der Waals surface area contributed by atoms with Gasteiger partial charge in [-0.1, -0.05) is 19.9 Å². The molecule has 198 valence electrons. The molecule has 37 heavy (non-hydrogen) atoms. The number of aliphatic carboxylic acids is 1. The molecule has 0 unspecified atom stereocenters. The Morgan fingerprint density at radius 2 is 2.03 bits per heavy atom. The number of carboxylic acid groups (broad SMARTS) is 1. The molecule has 1 aromatic carbocycles. The molecule has 1 saturated carbocycles. The maximum Gasteiger partial charge on any atom is 0.433 e. The number of alkyl halides is 3. The largest absolute Gasteiger partial charge is 0.481 e. The first-order valence-corrected chi connectivity index (χ1v) is 12.8. The summed E-state index contributed by atoms with van der Waals surface area (Å²) in [6, 6.07) is 6.40. The summed E-state index contributed by atoms with van der Waals surface area (Å²) in [6.45, 7) is 8.20. The van der Waals surface area contributed by atoms with Crippen molar-refractivity contribution in [1.82, 2.24) is 15.0 Å². The van der Waals surface area contributed by atoms with Gasteiger partial charge in [0, 0.05) is 24.7 Å².